The molecule has 6 nitrogen and oxygen atoms in total. The van der Waals surface area contributed by atoms with Gasteiger partial charge in [-0.1, -0.05) is 40.9 Å². The van der Waals surface area contributed by atoms with Crippen LogP contribution in [0.25, 0.3) is 0 Å². The monoisotopic (exact) mass is 733 g/mol. The molecule has 1 saturated carbocycles. The van der Waals surface area contributed by atoms with Crippen molar-refractivity contribution in [1.82, 2.24) is 0 Å². The number of anilines is 3. The predicted molar refractivity (Wildman–Crippen MR) is 164 cm³/mol. The number of carbonyl (C=O) groups is 3. The smallest absolute Gasteiger partial charge is 0.326 e. The summed E-state index contributed by atoms with van der Waals surface area (Å²) >= 11 is 31.1. The molecule has 0 radical (unpaired) electrons. The van der Waals surface area contributed by atoms with Crippen LogP contribution >= 0.6 is 69.8 Å². The van der Waals surface area contributed by atoms with Crippen LogP contribution in [0.1, 0.15) is 21.8 Å². The first-order chi connectivity index (χ1) is 20.5. The molecule has 0 heterocycles. The Labute approximate surface area is 275 Å². The van der Waals surface area contributed by atoms with E-state index >= 15 is 4.39 Å². The predicted octanol–water partition coefficient (Wildman–Crippen LogP) is 8.94. The summed E-state index contributed by atoms with van der Waals surface area (Å²) in [7, 11) is 0. The van der Waals surface area contributed by atoms with E-state index in [0.717, 1.165) is 12.1 Å². The number of halogens is 10. The van der Waals surface area contributed by atoms with Crippen LogP contribution < -0.4 is 16.0 Å². The van der Waals surface area contributed by atoms with Gasteiger partial charge in [0.15, 0.2) is 5.82 Å². The molecule has 3 N–H and O–H groups in total. The zero-order chi connectivity index (χ0) is 32.6. The van der Waals surface area contributed by atoms with Gasteiger partial charge in [-0.15, -0.1) is 35.0 Å². The third-order valence-electron chi connectivity index (χ3n) is 6.22. The Bertz CT molecular complexity index is 1640. The van der Waals surface area contributed by atoms with Gasteiger partial charge in [0.2, 0.25) is 11.8 Å². The van der Waals surface area contributed by atoms with E-state index in [2.05, 4.69) is 10.6 Å². The van der Waals surface area contributed by atoms with Crippen molar-refractivity contribution < 1.29 is 36.3 Å². The molecule has 2 atom stereocenters. The van der Waals surface area contributed by atoms with Gasteiger partial charge in [-0.3, -0.25) is 14.4 Å². The van der Waals surface area contributed by atoms with E-state index in [1.54, 1.807) is 18.2 Å². The molecule has 4 rings (SSSR count). The molecule has 1 aliphatic carbocycles. The molecule has 0 spiro atoms. The van der Waals surface area contributed by atoms with Crippen molar-refractivity contribution in [3.63, 3.8) is 0 Å². The van der Waals surface area contributed by atoms with Gasteiger partial charge >= 0.3 is 6.18 Å². The molecule has 0 unspecified atom stereocenters. The fraction of sp³-hybridized carbons (Fsp3) is 0.222. The van der Waals surface area contributed by atoms with Gasteiger partial charge in [0, 0.05) is 11.6 Å². The van der Waals surface area contributed by atoms with Crippen molar-refractivity contribution in [3.8, 4) is 0 Å². The first-order valence-electron chi connectivity index (χ1n) is 12.2. The number of hydrogen-bond acceptors (Lipinski definition) is 4. The molecule has 17 heteroatoms. The van der Waals surface area contributed by atoms with Crippen LogP contribution in [0.5, 0.6) is 0 Å². The van der Waals surface area contributed by atoms with Gasteiger partial charge in [-0.25, -0.2) is 8.78 Å². The normalized spacial score (nSPS) is 17.1. The van der Waals surface area contributed by atoms with Crippen LogP contribution in [-0.4, -0.2) is 39.7 Å². The van der Waals surface area contributed by atoms with Gasteiger partial charge < -0.3 is 16.0 Å². The summed E-state index contributed by atoms with van der Waals surface area (Å²) in [5.74, 6) is -8.85. The first kappa shape index (κ1) is 34.4. The second-order valence-electron chi connectivity index (χ2n) is 9.38. The lowest BCUT2D eigenvalue weighted by Gasteiger charge is -2.13. The lowest BCUT2D eigenvalue weighted by atomic mass is 10.1. The number of amides is 3. The van der Waals surface area contributed by atoms with Crippen LogP contribution in [-0.2, 0) is 9.59 Å². The standard InChI is InChI=1S/C27H17Cl5F5N3O3S/c28-14-4-2-12(38-25(43)21-20(27(21,31)32)11-1-3-15(29)16(30)7-11)8-13(14)24(42)39-18-6-5-17(33)23(22(18)34)40-19(41)9-44-10-26(35,36)37/h1-8,20-21H,9-10H2,(H,38,43)(H,39,42)(H,40,41)/t20-,21+/m0/s1. The zero-order valence-electron chi connectivity index (χ0n) is 21.6. The Morgan fingerprint density at radius 1 is 0.864 bits per heavy atom. The SMILES string of the molecule is O=C(CSCC(F)(F)F)Nc1c(F)ccc(NC(=O)c2cc(NC(=O)[C@H]3[C@H](c4ccc(Cl)c(Cl)c4)C3(Cl)Cl)ccc2Cl)c1F. The molecule has 234 valence electrons. The Balaban J connectivity index is 1.46. The van der Waals surface area contributed by atoms with E-state index in [0.29, 0.717) is 10.6 Å². The maximum Gasteiger partial charge on any atom is 0.397 e. The highest BCUT2D eigenvalue weighted by Gasteiger charge is 2.67. The van der Waals surface area contributed by atoms with Crippen molar-refractivity contribution in [2.45, 2.75) is 16.4 Å². The van der Waals surface area contributed by atoms with Crippen LogP contribution in [0.4, 0.5) is 39.0 Å². The molecule has 44 heavy (non-hydrogen) atoms. The van der Waals surface area contributed by atoms with Crippen LogP contribution in [0, 0.1) is 17.6 Å². The molecule has 3 amide bonds. The number of nitrogens with one attached hydrogen (secondary N) is 3. The largest absolute Gasteiger partial charge is 0.397 e. The molecule has 1 fully saturated rings. The molecular weight excluding hydrogens is 719 g/mol. The van der Waals surface area contributed by atoms with Gasteiger partial charge in [-0.2, -0.15) is 13.2 Å². The number of thioether (sulfide) groups is 1. The maximum absolute atomic E-state index is 15.0. The molecule has 3 aromatic rings. The summed E-state index contributed by atoms with van der Waals surface area (Å²) in [6.45, 7) is 0. The Morgan fingerprint density at radius 2 is 1.55 bits per heavy atom. The first-order valence-corrected chi connectivity index (χ1v) is 15.2. The van der Waals surface area contributed by atoms with E-state index in [1.165, 1.54) is 18.2 Å². The van der Waals surface area contributed by atoms with E-state index in [4.69, 9.17) is 58.0 Å². The summed E-state index contributed by atoms with van der Waals surface area (Å²) < 4.78 is 64.7. The van der Waals surface area contributed by atoms with Gasteiger partial charge in [0.1, 0.15) is 15.8 Å². The van der Waals surface area contributed by atoms with E-state index in [9.17, 15) is 31.9 Å². The van der Waals surface area contributed by atoms with Crippen molar-refractivity contribution in [2.24, 2.45) is 5.92 Å². The second kappa shape index (κ2) is 13.5. The average Bonchev–Trinajstić information content (AvgIpc) is 3.51. The van der Waals surface area contributed by atoms with Crippen LogP contribution in [0.15, 0.2) is 48.5 Å². The zero-order valence-corrected chi connectivity index (χ0v) is 26.2. The minimum absolute atomic E-state index is 0.0950. The van der Waals surface area contributed by atoms with Crippen molar-refractivity contribution in [2.75, 3.05) is 27.5 Å². The van der Waals surface area contributed by atoms with Crippen LogP contribution in [0.2, 0.25) is 15.1 Å². The van der Waals surface area contributed by atoms with E-state index < -0.39 is 74.6 Å². The molecule has 1 aliphatic rings. The fourth-order valence-electron chi connectivity index (χ4n) is 4.16. The molecule has 0 aromatic heterocycles. The van der Waals surface area contributed by atoms with E-state index in [1.807, 2.05) is 5.32 Å². The molecule has 0 bridgehead atoms. The highest BCUT2D eigenvalue weighted by atomic mass is 35.5. The summed E-state index contributed by atoms with van der Waals surface area (Å²) in [6, 6.07) is 10.2. The third kappa shape index (κ3) is 8.02. The minimum atomic E-state index is -4.53. The molecule has 3 aromatic carbocycles. The third-order valence-corrected chi connectivity index (χ3v) is 9.23. The van der Waals surface area contributed by atoms with Crippen LogP contribution in [0.3, 0.4) is 0 Å². The second-order valence-corrected chi connectivity index (χ2v) is 13.0. The lowest BCUT2D eigenvalue weighted by Crippen LogP contribution is -2.20. The quantitative estimate of drug-likeness (QED) is 0.151. The maximum atomic E-state index is 15.0. The summed E-state index contributed by atoms with van der Waals surface area (Å²) in [4.78, 5) is 38.0. The minimum Gasteiger partial charge on any atom is -0.326 e. The van der Waals surface area contributed by atoms with Crippen molar-refractivity contribution >= 4 is 105 Å². The molecule has 0 saturated heterocycles. The summed E-state index contributed by atoms with van der Waals surface area (Å²) in [5, 5.41) is 7.11. The highest BCUT2D eigenvalue weighted by molar-refractivity contribution is 8.00. The number of rotatable bonds is 9. The van der Waals surface area contributed by atoms with Gasteiger partial charge in [-0.05, 0) is 48.0 Å². The summed E-state index contributed by atoms with van der Waals surface area (Å²) in [5.41, 5.74) is -1.08. The highest BCUT2D eigenvalue weighted by Crippen LogP contribution is 2.65. The van der Waals surface area contributed by atoms with Gasteiger partial charge in [0.25, 0.3) is 5.91 Å². The number of benzene rings is 3. The van der Waals surface area contributed by atoms with Crippen molar-refractivity contribution in [3.05, 3.63) is 86.4 Å². The van der Waals surface area contributed by atoms with Gasteiger partial charge in [0.05, 0.1) is 43.7 Å². The Morgan fingerprint density at radius 3 is 2.20 bits per heavy atom. The summed E-state index contributed by atoms with van der Waals surface area (Å²) in [6.07, 6.45) is -4.53. The fourth-order valence-corrected chi connectivity index (χ4v) is 6.09. The number of hydrogen-bond donors (Lipinski definition) is 3. The number of carbonyl (C=O) groups excluding carboxylic acids is 3. The van der Waals surface area contributed by atoms with Crippen molar-refractivity contribution in [1.29, 1.82) is 0 Å². The molecular formula is C27H17Cl5F5N3O3S. The average molecular weight is 736 g/mol. The Hall–Kier alpha value is -2.48. The lowest BCUT2D eigenvalue weighted by molar-refractivity contribution is -0.117. The van der Waals surface area contributed by atoms with E-state index in [-0.39, 0.29) is 33.1 Å². The topological polar surface area (TPSA) is 87.3 Å². The Kier molecular flexibility index (Phi) is 10.5. The number of alkyl halides is 5. The molecule has 0 aliphatic heterocycles.